The van der Waals surface area contributed by atoms with Gasteiger partial charge in [-0.05, 0) is 35.7 Å². The van der Waals surface area contributed by atoms with E-state index < -0.39 is 10.0 Å². The summed E-state index contributed by atoms with van der Waals surface area (Å²) in [5, 5.41) is 6.18. The van der Waals surface area contributed by atoms with E-state index in [1.54, 1.807) is 17.1 Å². The Morgan fingerprint density at radius 1 is 1.19 bits per heavy atom. The molecule has 6 nitrogen and oxygen atoms in total. The monoisotopic (exact) mass is 385 g/mol. The number of carbonyl (C=O) groups excluding carboxylic acids is 1. The summed E-state index contributed by atoms with van der Waals surface area (Å²) < 4.78 is 25.1. The van der Waals surface area contributed by atoms with Gasteiger partial charge in [0, 0.05) is 18.5 Å². The Balaban J connectivity index is 1.90. The van der Waals surface area contributed by atoms with Crippen molar-refractivity contribution in [3.05, 3.63) is 65.2 Å². The van der Waals surface area contributed by atoms with Crippen LogP contribution in [0.25, 0.3) is 0 Å². The number of aryl methyl sites for hydroxylation is 1. The van der Waals surface area contributed by atoms with Crippen LogP contribution >= 0.6 is 0 Å². The molecule has 0 radical (unpaired) electrons. The van der Waals surface area contributed by atoms with E-state index in [1.165, 1.54) is 0 Å². The third-order valence-corrected chi connectivity index (χ3v) is 5.14. The maximum atomic E-state index is 12.4. The summed E-state index contributed by atoms with van der Waals surface area (Å²) in [6.07, 6.45) is 2.12. The van der Waals surface area contributed by atoms with Crippen molar-refractivity contribution in [2.24, 2.45) is 5.10 Å². The van der Waals surface area contributed by atoms with Gasteiger partial charge in [0.1, 0.15) is 0 Å². The lowest BCUT2D eigenvalue weighted by Crippen LogP contribution is -2.26. The fourth-order valence-corrected chi connectivity index (χ4v) is 3.79. The molecule has 2 aromatic rings. The summed E-state index contributed by atoms with van der Waals surface area (Å²) in [5.74, 6) is -0.0198. The number of amides is 1. The van der Waals surface area contributed by atoms with Crippen LogP contribution in [0.3, 0.4) is 0 Å². The van der Waals surface area contributed by atoms with E-state index in [4.69, 9.17) is 0 Å². The molecule has 1 atom stereocenters. The van der Waals surface area contributed by atoms with E-state index in [-0.39, 0.29) is 11.9 Å². The zero-order valence-corrected chi connectivity index (χ0v) is 16.5. The average Bonchev–Trinajstić information content (AvgIpc) is 3.06. The lowest BCUT2D eigenvalue weighted by molar-refractivity contribution is -0.132. The van der Waals surface area contributed by atoms with Crippen molar-refractivity contribution in [2.45, 2.75) is 32.7 Å². The number of hydrazone groups is 1. The first kappa shape index (κ1) is 19.1. The molecule has 27 heavy (non-hydrogen) atoms. The van der Waals surface area contributed by atoms with Gasteiger partial charge in [-0.3, -0.25) is 9.52 Å². The quantitative estimate of drug-likeness (QED) is 0.856. The summed E-state index contributed by atoms with van der Waals surface area (Å²) in [6.45, 7) is 3.87. The van der Waals surface area contributed by atoms with Crippen LogP contribution in [0.2, 0.25) is 0 Å². The maximum Gasteiger partial charge on any atom is 0.242 e. The van der Waals surface area contributed by atoms with E-state index in [1.807, 2.05) is 50.2 Å². The molecule has 0 bridgehead atoms. The van der Waals surface area contributed by atoms with Gasteiger partial charge in [-0.1, -0.05) is 43.3 Å². The number of nitrogens with one attached hydrogen (secondary N) is 1. The minimum Gasteiger partial charge on any atom is -0.284 e. The fourth-order valence-electron chi connectivity index (χ4n) is 3.22. The number of hydrogen-bond acceptors (Lipinski definition) is 4. The molecule has 1 aliphatic heterocycles. The fraction of sp³-hybridized carbons (Fsp3) is 0.300. The van der Waals surface area contributed by atoms with E-state index in [0.29, 0.717) is 18.5 Å². The number of anilines is 1. The second kappa shape index (κ2) is 7.52. The van der Waals surface area contributed by atoms with Gasteiger partial charge in [0.25, 0.3) is 0 Å². The highest BCUT2D eigenvalue weighted by atomic mass is 32.2. The van der Waals surface area contributed by atoms with Gasteiger partial charge in [-0.2, -0.15) is 5.10 Å². The molecule has 1 amide bonds. The molecule has 0 spiro atoms. The minimum absolute atomic E-state index is 0.0198. The van der Waals surface area contributed by atoms with E-state index in [0.717, 1.165) is 28.7 Å². The number of benzene rings is 2. The van der Waals surface area contributed by atoms with Gasteiger partial charge in [0.15, 0.2) is 0 Å². The van der Waals surface area contributed by atoms with Gasteiger partial charge in [0.2, 0.25) is 15.9 Å². The van der Waals surface area contributed by atoms with Gasteiger partial charge < -0.3 is 0 Å². The zero-order valence-electron chi connectivity index (χ0n) is 15.6. The van der Waals surface area contributed by atoms with Crippen LogP contribution in [0.1, 0.15) is 42.5 Å². The van der Waals surface area contributed by atoms with Crippen LogP contribution in [0, 0.1) is 6.92 Å². The third kappa shape index (κ3) is 4.36. The van der Waals surface area contributed by atoms with E-state index in [2.05, 4.69) is 9.82 Å². The van der Waals surface area contributed by atoms with Crippen molar-refractivity contribution >= 4 is 27.3 Å². The van der Waals surface area contributed by atoms with Crippen molar-refractivity contribution in [3.8, 4) is 0 Å². The molecule has 1 N–H and O–H groups in total. The standard InChI is InChI=1S/C20H23N3O3S/c1-4-20(24)23-19(17-8-6-5-7-14(17)2)13-18(21-23)15-9-11-16(12-10-15)22-27(3,25)26/h5-12,19,22H,4,13H2,1-3H3/t19-/m0/s1. The van der Waals surface area contributed by atoms with Crippen LogP contribution in [0.15, 0.2) is 53.6 Å². The molecule has 0 saturated heterocycles. The normalized spacial score (nSPS) is 16.9. The molecular weight excluding hydrogens is 362 g/mol. The lowest BCUT2D eigenvalue weighted by Gasteiger charge is -2.23. The van der Waals surface area contributed by atoms with Crippen molar-refractivity contribution < 1.29 is 13.2 Å². The van der Waals surface area contributed by atoms with Gasteiger partial charge in [-0.25, -0.2) is 13.4 Å². The number of sulfonamides is 1. The summed E-state index contributed by atoms with van der Waals surface area (Å²) in [4.78, 5) is 12.4. The first-order valence-corrected chi connectivity index (χ1v) is 10.7. The highest BCUT2D eigenvalue weighted by molar-refractivity contribution is 7.92. The lowest BCUT2D eigenvalue weighted by atomic mass is 9.95. The summed E-state index contributed by atoms with van der Waals surface area (Å²) in [7, 11) is -3.32. The molecule has 0 aromatic heterocycles. The van der Waals surface area contributed by atoms with Crippen LogP contribution < -0.4 is 4.72 Å². The van der Waals surface area contributed by atoms with Crippen molar-refractivity contribution in [2.75, 3.05) is 11.0 Å². The highest BCUT2D eigenvalue weighted by Crippen LogP contribution is 2.34. The molecular formula is C20H23N3O3S. The number of nitrogens with zero attached hydrogens (tertiary/aromatic N) is 2. The molecule has 3 rings (SSSR count). The van der Waals surface area contributed by atoms with Crippen molar-refractivity contribution in [1.29, 1.82) is 0 Å². The molecule has 0 fully saturated rings. The first-order chi connectivity index (χ1) is 12.8. The molecule has 142 valence electrons. The number of rotatable bonds is 5. The van der Waals surface area contributed by atoms with Crippen LogP contribution in [-0.4, -0.2) is 31.3 Å². The highest BCUT2D eigenvalue weighted by Gasteiger charge is 2.32. The van der Waals surface area contributed by atoms with Crippen molar-refractivity contribution in [1.82, 2.24) is 5.01 Å². The zero-order chi connectivity index (χ0) is 19.6. The Labute approximate surface area is 159 Å². The predicted octanol–water partition coefficient (Wildman–Crippen LogP) is 3.45. The summed E-state index contributed by atoms with van der Waals surface area (Å²) >= 11 is 0. The Bertz CT molecular complexity index is 982. The largest absolute Gasteiger partial charge is 0.284 e. The second-order valence-electron chi connectivity index (χ2n) is 6.67. The number of carbonyl (C=O) groups is 1. The smallest absolute Gasteiger partial charge is 0.242 e. The molecule has 1 heterocycles. The van der Waals surface area contributed by atoms with Gasteiger partial charge in [-0.15, -0.1) is 0 Å². The molecule has 7 heteroatoms. The van der Waals surface area contributed by atoms with Gasteiger partial charge in [0.05, 0.1) is 18.0 Å². The third-order valence-electron chi connectivity index (χ3n) is 4.54. The predicted molar refractivity (Wildman–Crippen MR) is 107 cm³/mol. The summed E-state index contributed by atoms with van der Waals surface area (Å²) in [6, 6.07) is 14.9. The Hall–Kier alpha value is -2.67. The average molecular weight is 385 g/mol. The first-order valence-electron chi connectivity index (χ1n) is 8.82. The molecule has 0 unspecified atom stereocenters. The molecule has 0 aliphatic carbocycles. The topological polar surface area (TPSA) is 78.8 Å². The molecule has 0 saturated carbocycles. The number of hydrogen-bond donors (Lipinski definition) is 1. The summed E-state index contributed by atoms with van der Waals surface area (Å²) in [5.41, 5.74) is 4.40. The van der Waals surface area contributed by atoms with Crippen molar-refractivity contribution in [3.63, 3.8) is 0 Å². The maximum absolute atomic E-state index is 12.4. The molecule has 2 aromatic carbocycles. The Kier molecular flexibility index (Phi) is 5.32. The van der Waals surface area contributed by atoms with Crippen LogP contribution in [0.5, 0.6) is 0 Å². The second-order valence-corrected chi connectivity index (χ2v) is 8.42. The Morgan fingerprint density at radius 2 is 1.85 bits per heavy atom. The SMILES string of the molecule is CCC(=O)N1N=C(c2ccc(NS(C)(=O)=O)cc2)C[C@H]1c1ccccc1C. The minimum atomic E-state index is -3.32. The molecule has 1 aliphatic rings. The van der Waals surface area contributed by atoms with Crippen LogP contribution in [0.4, 0.5) is 5.69 Å². The van der Waals surface area contributed by atoms with E-state index >= 15 is 0 Å². The van der Waals surface area contributed by atoms with Crippen LogP contribution in [-0.2, 0) is 14.8 Å². The van der Waals surface area contributed by atoms with Gasteiger partial charge >= 0.3 is 0 Å². The van der Waals surface area contributed by atoms with E-state index in [9.17, 15) is 13.2 Å². The Morgan fingerprint density at radius 3 is 2.44 bits per heavy atom.